The molecule has 0 saturated carbocycles. The van der Waals surface area contributed by atoms with Crippen molar-refractivity contribution in [3.8, 4) is 17.2 Å². The Morgan fingerprint density at radius 3 is 2.48 bits per heavy atom. The number of methoxy groups -OCH3 is 1. The van der Waals surface area contributed by atoms with Crippen LogP contribution in [-0.2, 0) is 11.3 Å². The highest BCUT2D eigenvalue weighted by molar-refractivity contribution is 5.85. The number of ether oxygens (including phenoxy) is 3. The number of fused-ring (bicyclic) bond motifs is 2. The smallest absolute Gasteiger partial charge is 0.265 e. The fourth-order valence-corrected chi connectivity index (χ4v) is 3.21. The Bertz CT molecular complexity index is 985. The molecule has 27 heavy (non-hydrogen) atoms. The van der Waals surface area contributed by atoms with Gasteiger partial charge >= 0.3 is 0 Å². The number of carbonyl (C=O) groups excluding carboxylic acids is 1. The van der Waals surface area contributed by atoms with E-state index in [2.05, 4.69) is 11.4 Å². The number of para-hydroxylation sites is 2. The maximum atomic E-state index is 12.6. The van der Waals surface area contributed by atoms with Gasteiger partial charge in [-0.1, -0.05) is 30.3 Å². The number of carbonyl (C=O) groups is 1. The van der Waals surface area contributed by atoms with Crippen LogP contribution in [0.2, 0.25) is 0 Å². The SMILES string of the molecule is COc1ccc2cc(CNC(=O)[C@@H]3Oc4ccccc4O[C@@H]3C)ccc2c1. The fourth-order valence-electron chi connectivity index (χ4n) is 3.21. The zero-order valence-electron chi connectivity index (χ0n) is 15.3. The van der Waals surface area contributed by atoms with Gasteiger partial charge in [-0.3, -0.25) is 4.79 Å². The Balaban J connectivity index is 1.44. The van der Waals surface area contributed by atoms with E-state index in [1.807, 2.05) is 55.5 Å². The second-order valence-corrected chi connectivity index (χ2v) is 6.57. The largest absolute Gasteiger partial charge is 0.497 e. The van der Waals surface area contributed by atoms with Crippen molar-refractivity contribution in [2.75, 3.05) is 7.11 Å². The van der Waals surface area contributed by atoms with Crippen molar-refractivity contribution in [1.82, 2.24) is 5.32 Å². The third kappa shape index (κ3) is 3.53. The molecule has 5 heteroatoms. The van der Waals surface area contributed by atoms with Gasteiger partial charge in [0.05, 0.1) is 7.11 Å². The minimum absolute atomic E-state index is 0.188. The first-order valence-corrected chi connectivity index (χ1v) is 8.91. The van der Waals surface area contributed by atoms with Crippen molar-refractivity contribution in [2.45, 2.75) is 25.7 Å². The van der Waals surface area contributed by atoms with Gasteiger partial charge in [-0.05, 0) is 53.6 Å². The highest BCUT2D eigenvalue weighted by atomic mass is 16.6. The molecule has 3 aromatic carbocycles. The number of amides is 1. The lowest BCUT2D eigenvalue weighted by atomic mass is 10.1. The van der Waals surface area contributed by atoms with Crippen LogP contribution in [0.1, 0.15) is 12.5 Å². The van der Waals surface area contributed by atoms with E-state index in [1.54, 1.807) is 13.2 Å². The van der Waals surface area contributed by atoms with Crippen LogP contribution in [0.5, 0.6) is 17.2 Å². The molecule has 0 unspecified atom stereocenters. The third-order valence-electron chi connectivity index (χ3n) is 4.68. The van der Waals surface area contributed by atoms with Crippen LogP contribution in [0.4, 0.5) is 0 Å². The average Bonchev–Trinajstić information content (AvgIpc) is 2.70. The third-order valence-corrected chi connectivity index (χ3v) is 4.68. The van der Waals surface area contributed by atoms with Gasteiger partial charge in [0, 0.05) is 6.54 Å². The summed E-state index contributed by atoms with van der Waals surface area (Å²) in [6.07, 6.45) is -1.03. The summed E-state index contributed by atoms with van der Waals surface area (Å²) in [6.45, 7) is 2.26. The van der Waals surface area contributed by atoms with E-state index >= 15 is 0 Å². The molecular formula is C22H21NO4. The van der Waals surface area contributed by atoms with E-state index in [0.29, 0.717) is 18.0 Å². The zero-order valence-corrected chi connectivity index (χ0v) is 15.3. The van der Waals surface area contributed by atoms with Crippen LogP contribution in [-0.4, -0.2) is 25.2 Å². The Hall–Kier alpha value is -3.21. The second kappa shape index (κ2) is 7.19. The minimum atomic E-state index is -0.676. The number of benzene rings is 3. The molecule has 5 nitrogen and oxygen atoms in total. The summed E-state index contributed by atoms with van der Waals surface area (Å²) < 4.78 is 16.9. The monoisotopic (exact) mass is 363 g/mol. The molecule has 1 heterocycles. The van der Waals surface area contributed by atoms with Gasteiger partial charge in [-0.15, -0.1) is 0 Å². The van der Waals surface area contributed by atoms with Gasteiger partial charge in [0.1, 0.15) is 11.9 Å². The van der Waals surface area contributed by atoms with Crippen molar-refractivity contribution in [3.63, 3.8) is 0 Å². The first-order valence-electron chi connectivity index (χ1n) is 8.91. The summed E-state index contributed by atoms with van der Waals surface area (Å²) in [5, 5.41) is 5.14. The van der Waals surface area contributed by atoms with Crippen LogP contribution >= 0.6 is 0 Å². The quantitative estimate of drug-likeness (QED) is 0.768. The molecule has 3 aromatic rings. The van der Waals surface area contributed by atoms with E-state index in [1.165, 1.54) is 0 Å². The Kier molecular flexibility index (Phi) is 4.59. The molecule has 1 N–H and O–H groups in total. The predicted octanol–water partition coefficient (Wildman–Crippen LogP) is 3.69. The summed E-state index contributed by atoms with van der Waals surface area (Å²) in [6, 6.07) is 19.4. The van der Waals surface area contributed by atoms with Gasteiger partial charge in [0.2, 0.25) is 6.10 Å². The van der Waals surface area contributed by atoms with Crippen LogP contribution in [0.15, 0.2) is 60.7 Å². The first kappa shape index (κ1) is 17.2. The molecule has 1 aliphatic heterocycles. The topological polar surface area (TPSA) is 56.8 Å². The van der Waals surface area contributed by atoms with Gasteiger partial charge in [-0.2, -0.15) is 0 Å². The van der Waals surface area contributed by atoms with Gasteiger partial charge < -0.3 is 19.5 Å². The lowest BCUT2D eigenvalue weighted by Gasteiger charge is -2.31. The first-order chi connectivity index (χ1) is 13.1. The summed E-state index contributed by atoms with van der Waals surface area (Å²) >= 11 is 0. The standard InChI is InChI=1S/C22H21NO4/c1-14-21(27-20-6-4-3-5-19(20)26-14)22(24)23-13-15-7-8-17-12-18(25-2)10-9-16(17)11-15/h3-12,14,21H,13H2,1-2H3,(H,23,24)/t14-,21-/m1/s1. The molecule has 0 bridgehead atoms. The molecule has 1 aliphatic rings. The second-order valence-electron chi connectivity index (χ2n) is 6.57. The Labute approximate surface area is 157 Å². The lowest BCUT2D eigenvalue weighted by Crippen LogP contribution is -2.48. The molecule has 0 saturated heterocycles. The number of hydrogen-bond acceptors (Lipinski definition) is 4. The number of hydrogen-bond donors (Lipinski definition) is 1. The summed E-state index contributed by atoms with van der Waals surface area (Å²) in [4.78, 5) is 12.6. The molecule has 0 spiro atoms. The van der Waals surface area contributed by atoms with Gasteiger partial charge in [-0.25, -0.2) is 0 Å². The Morgan fingerprint density at radius 2 is 1.70 bits per heavy atom. The van der Waals surface area contributed by atoms with Crippen molar-refractivity contribution in [1.29, 1.82) is 0 Å². The maximum Gasteiger partial charge on any atom is 0.265 e. The lowest BCUT2D eigenvalue weighted by molar-refractivity contribution is -0.133. The molecule has 0 radical (unpaired) electrons. The zero-order chi connectivity index (χ0) is 18.8. The number of nitrogens with one attached hydrogen (secondary N) is 1. The predicted molar refractivity (Wildman–Crippen MR) is 103 cm³/mol. The Morgan fingerprint density at radius 1 is 1.00 bits per heavy atom. The normalized spacial score (nSPS) is 18.1. The number of rotatable bonds is 4. The van der Waals surface area contributed by atoms with E-state index < -0.39 is 6.10 Å². The summed E-state index contributed by atoms with van der Waals surface area (Å²) in [5.41, 5.74) is 1.02. The molecule has 138 valence electrons. The van der Waals surface area contributed by atoms with Crippen molar-refractivity contribution in [2.24, 2.45) is 0 Å². The highest BCUT2D eigenvalue weighted by Crippen LogP contribution is 2.33. The van der Waals surface area contributed by atoms with Crippen molar-refractivity contribution >= 4 is 16.7 Å². The van der Waals surface area contributed by atoms with Crippen molar-refractivity contribution in [3.05, 3.63) is 66.2 Å². The van der Waals surface area contributed by atoms with Gasteiger partial charge in [0.15, 0.2) is 11.5 Å². The van der Waals surface area contributed by atoms with Crippen molar-refractivity contribution < 1.29 is 19.0 Å². The minimum Gasteiger partial charge on any atom is -0.497 e. The van der Waals surface area contributed by atoms with E-state index in [0.717, 1.165) is 22.1 Å². The van der Waals surface area contributed by atoms with Crippen LogP contribution in [0.25, 0.3) is 10.8 Å². The fraction of sp³-hybridized carbons (Fsp3) is 0.227. The van der Waals surface area contributed by atoms with E-state index in [-0.39, 0.29) is 12.0 Å². The van der Waals surface area contributed by atoms with Crippen LogP contribution < -0.4 is 19.5 Å². The van der Waals surface area contributed by atoms with Crippen LogP contribution in [0, 0.1) is 0 Å². The summed E-state index contributed by atoms with van der Waals surface area (Å²) in [7, 11) is 1.65. The molecule has 4 rings (SSSR count). The molecule has 0 fully saturated rings. The highest BCUT2D eigenvalue weighted by Gasteiger charge is 2.33. The molecule has 2 atom stereocenters. The molecular weight excluding hydrogens is 342 g/mol. The average molecular weight is 363 g/mol. The van der Waals surface area contributed by atoms with E-state index in [9.17, 15) is 4.79 Å². The summed E-state index contributed by atoms with van der Waals surface area (Å²) in [5.74, 6) is 1.90. The van der Waals surface area contributed by atoms with E-state index in [4.69, 9.17) is 14.2 Å². The van der Waals surface area contributed by atoms with Gasteiger partial charge in [0.25, 0.3) is 5.91 Å². The molecule has 0 aromatic heterocycles. The van der Waals surface area contributed by atoms with Crippen LogP contribution in [0.3, 0.4) is 0 Å². The molecule has 1 amide bonds. The molecule has 0 aliphatic carbocycles. The maximum absolute atomic E-state index is 12.6.